The Kier molecular flexibility index (Phi) is 3.87. The second kappa shape index (κ2) is 6.74. The van der Waals surface area contributed by atoms with Crippen LogP contribution in [0.3, 0.4) is 0 Å². The summed E-state index contributed by atoms with van der Waals surface area (Å²) < 4.78 is 33.3. The Balaban J connectivity index is 1.73. The van der Waals surface area contributed by atoms with E-state index in [4.69, 9.17) is 9.40 Å². The van der Waals surface area contributed by atoms with Crippen LogP contribution in [0.1, 0.15) is 0 Å². The zero-order valence-corrected chi connectivity index (χ0v) is 16.3. The summed E-state index contributed by atoms with van der Waals surface area (Å²) in [4.78, 5) is 4.84. The average Bonchev–Trinajstić information content (AvgIpc) is 3.18. The number of pyridine rings is 1. The number of hydrogen-bond acceptors (Lipinski definition) is 2. The van der Waals surface area contributed by atoms with Crippen LogP contribution >= 0.6 is 0 Å². The minimum atomic E-state index is -0.299. The summed E-state index contributed by atoms with van der Waals surface area (Å²) >= 11 is 0. The highest BCUT2D eigenvalue weighted by molar-refractivity contribution is 6.18. The monoisotopic (exact) mass is 407 g/mol. The minimum absolute atomic E-state index is 0.297. The van der Waals surface area contributed by atoms with E-state index in [2.05, 4.69) is 0 Å². The molecule has 0 spiro atoms. The molecule has 0 saturated heterocycles. The van der Waals surface area contributed by atoms with E-state index < -0.39 is 0 Å². The van der Waals surface area contributed by atoms with E-state index >= 15 is 0 Å². The Hall–Kier alpha value is -4.05. The average molecular weight is 407 g/mol. The van der Waals surface area contributed by atoms with Crippen molar-refractivity contribution in [3.63, 3.8) is 0 Å². The van der Waals surface area contributed by atoms with Crippen molar-refractivity contribution in [2.45, 2.75) is 0 Å². The van der Waals surface area contributed by atoms with E-state index in [1.807, 2.05) is 42.5 Å². The van der Waals surface area contributed by atoms with Gasteiger partial charge in [0.15, 0.2) is 0 Å². The number of nitrogens with zero attached hydrogens (tertiary/aromatic N) is 1. The molecule has 6 rings (SSSR count). The quantitative estimate of drug-likeness (QED) is 0.293. The Labute approximate surface area is 176 Å². The molecule has 0 amide bonds. The van der Waals surface area contributed by atoms with E-state index in [-0.39, 0.29) is 11.6 Å². The van der Waals surface area contributed by atoms with Gasteiger partial charge >= 0.3 is 0 Å². The highest BCUT2D eigenvalue weighted by Gasteiger charge is 2.17. The highest BCUT2D eigenvalue weighted by atomic mass is 19.1. The van der Waals surface area contributed by atoms with Gasteiger partial charge in [-0.15, -0.1) is 0 Å². The molecule has 2 aromatic heterocycles. The fraction of sp³-hybridized carbons (Fsp3) is 0. The van der Waals surface area contributed by atoms with Crippen LogP contribution in [0.15, 0.2) is 95.4 Å². The third kappa shape index (κ3) is 2.88. The number of aromatic nitrogens is 1. The predicted molar refractivity (Wildman–Crippen MR) is 120 cm³/mol. The van der Waals surface area contributed by atoms with E-state index in [0.29, 0.717) is 5.69 Å². The Morgan fingerprint density at radius 1 is 0.645 bits per heavy atom. The number of para-hydroxylation sites is 1. The van der Waals surface area contributed by atoms with Crippen molar-refractivity contribution < 1.29 is 13.2 Å². The first-order valence-corrected chi connectivity index (χ1v) is 9.94. The van der Waals surface area contributed by atoms with Gasteiger partial charge in [0, 0.05) is 16.3 Å². The lowest BCUT2D eigenvalue weighted by Crippen LogP contribution is -1.91. The summed E-state index contributed by atoms with van der Waals surface area (Å²) in [7, 11) is 0. The topological polar surface area (TPSA) is 26.0 Å². The molecule has 6 aromatic rings. The van der Waals surface area contributed by atoms with Crippen LogP contribution in [-0.2, 0) is 0 Å². The van der Waals surface area contributed by atoms with Crippen molar-refractivity contribution in [2.75, 3.05) is 0 Å². The second-order valence-electron chi connectivity index (χ2n) is 7.50. The van der Waals surface area contributed by atoms with Gasteiger partial charge in [-0.2, -0.15) is 0 Å². The zero-order chi connectivity index (χ0) is 20.9. The van der Waals surface area contributed by atoms with Gasteiger partial charge in [-0.3, -0.25) is 0 Å². The van der Waals surface area contributed by atoms with Crippen molar-refractivity contribution in [3.05, 3.63) is 103 Å². The molecule has 0 aliphatic rings. The van der Waals surface area contributed by atoms with Crippen molar-refractivity contribution in [1.82, 2.24) is 4.98 Å². The molecule has 0 unspecified atom stereocenters. The van der Waals surface area contributed by atoms with Crippen LogP contribution in [0.5, 0.6) is 0 Å². The van der Waals surface area contributed by atoms with Crippen molar-refractivity contribution >= 4 is 32.8 Å². The first kappa shape index (κ1) is 17.8. The van der Waals surface area contributed by atoms with Crippen LogP contribution in [0.2, 0.25) is 0 Å². The molecule has 0 radical (unpaired) electrons. The minimum Gasteiger partial charge on any atom is -0.455 e. The van der Waals surface area contributed by atoms with Crippen molar-refractivity contribution in [3.8, 4) is 22.4 Å². The molecule has 31 heavy (non-hydrogen) atoms. The molecule has 0 fully saturated rings. The number of hydrogen-bond donors (Lipinski definition) is 0. The molecule has 0 aliphatic carbocycles. The molecule has 148 valence electrons. The summed E-state index contributed by atoms with van der Waals surface area (Å²) in [5.41, 5.74) is 5.55. The molecule has 4 heteroatoms. The molecule has 0 saturated carbocycles. The molecule has 2 heterocycles. The molecule has 0 N–H and O–H groups in total. The number of fused-ring (bicyclic) bond motifs is 5. The predicted octanol–water partition coefficient (Wildman–Crippen LogP) is 7.75. The Bertz CT molecular complexity index is 1580. The van der Waals surface area contributed by atoms with Gasteiger partial charge in [0.25, 0.3) is 0 Å². The normalized spacial score (nSPS) is 11.5. The fourth-order valence-corrected chi connectivity index (χ4v) is 4.13. The Morgan fingerprint density at radius 2 is 1.32 bits per heavy atom. The van der Waals surface area contributed by atoms with Crippen molar-refractivity contribution in [1.29, 1.82) is 0 Å². The van der Waals surface area contributed by atoms with Gasteiger partial charge in [0.2, 0.25) is 0 Å². The van der Waals surface area contributed by atoms with Gasteiger partial charge in [-0.1, -0.05) is 30.3 Å². The maximum absolute atomic E-state index is 13.6. The summed E-state index contributed by atoms with van der Waals surface area (Å²) in [5, 5.41) is 2.90. The van der Waals surface area contributed by atoms with Gasteiger partial charge in [-0.25, -0.2) is 13.8 Å². The highest BCUT2D eigenvalue weighted by Crippen LogP contribution is 2.40. The third-order valence-corrected chi connectivity index (χ3v) is 5.61. The smallest absolute Gasteiger partial charge is 0.145 e. The fourth-order valence-electron chi connectivity index (χ4n) is 4.13. The van der Waals surface area contributed by atoms with Crippen LogP contribution in [0, 0.1) is 11.6 Å². The molecule has 0 bridgehead atoms. The maximum atomic E-state index is 13.6. The Morgan fingerprint density at radius 3 is 2.06 bits per heavy atom. The second-order valence-corrected chi connectivity index (χ2v) is 7.50. The number of benzene rings is 4. The molecule has 0 aliphatic heterocycles. The molecule has 4 aromatic carbocycles. The SMILES string of the molecule is Fc1ccc(-c2cc(-c3ccc(F)cc3)c3c(ccc4c5ccccc5oc43)n2)cc1. The third-order valence-electron chi connectivity index (χ3n) is 5.61. The lowest BCUT2D eigenvalue weighted by atomic mass is 9.96. The van der Waals surface area contributed by atoms with Crippen LogP contribution in [0.25, 0.3) is 55.2 Å². The lowest BCUT2D eigenvalue weighted by Gasteiger charge is -2.11. The maximum Gasteiger partial charge on any atom is 0.145 e. The van der Waals surface area contributed by atoms with Crippen molar-refractivity contribution in [2.24, 2.45) is 0 Å². The van der Waals surface area contributed by atoms with Gasteiger partial charge in [0.05, 0.1) is 16.6 Å². The van der Waals surface area contributed by atoms with E-state index in [9.17, 15) is 8.78 Å². The van der Waals surface area contributed by atoms with E-state index in [0.717, 1.165) is 49.5 Å². The molecular weight excluding hydrogens is 392 g/mol. The first-order valence-electron chi connectivity index (χ1n) is 9.94. The van der Waals surface area contributed by atoms with Gasteiger partial charge in [0.1, 0.15) is 22.8 Å². The summed E-state index contributed by atoms with van der Waals surface area (Å²) in [6, 6.07) is 26.5. The summed E-state index contributed by atoms with van der Waals surface area (Å²) in [5.74, 6) is -0.595. The van der Waals surface area contributed by atoms with Gasteiger partial charge < -0.3 is 4.42 Å². The first-order chi connectivity index (χ1) is 15.2. The summed E-state index contributed by atoms with van der Waals surface area (Å²) in [6.45, 7) is 0. The number of furan rings is 1. The molecule has 2 nitrogen and oxygen atoms in total. The zero-order valence-electron chi connectivity index (χ0n) is 16.3. The molecular formula is C27H15F2NO. The number of rotatable bonds is 2. The largest absolute Gasteiger partial charge is 0.455 e. The summed E-state index contributed by atoms with van der Waals surface area (Å²) in [6.07, 6.45) is 0. The van der Waals surface area contributed by atoms with Gasteiger partial charge in [-0.05, 0) is 71.8 Å². The van der Waals surface area contributed by atoms with E-state index in [1.54, 1.807) is 24.3 Å². The molecule has 0 atom stereocenters. The standard InChI is InChI=1S/C27H15F2NO/c28-18-9-5-16(6-10-18)22-15-24(17-7-11-19(29)12-8-17)30-23-14-13-21-20-3-1-2-4-25(20)31-27(21)26(22)23/h1-15H. The van der Waals surface area contributed by atoms with Crippen LogP contribution in [0.4, 0.5) is 8.78 Å². The number of halogens is 2. The van der Waals surface area contributed by atoms with E-state index in [1.165, 1.54) is 24.3 Å². The lowest BCUT2D eigenvalue weighted by molar-refractivity contribution is 0.627. The van der Waals surface area contributed by atoms with Crippen LogP contribution < -0.4 is 0 Å². The van der Waals surface area contributed by atoms with Crippen LogP contribution in [-0.4, -0.2) is 4.98 Å².